The van der Waals surface area contributed by atoms with Crippen LogP contribution in [0.3, 0.4) is 0 Å². The van der Waals surface area contributed by atoms with Crippen LogP contribution in [0, 0.1) is 0 Å². The van der Waals surface area contributed by atoms with E-state index in [1.165, 1.54) is 5.56 Å². The average molecular weight is 180 g/mol. The molecular weight excluding hydrogens is 162 g/mol. The maximum atomic E-state index is 5.47. The van der Waals surface area contributed by atoms with Crippen LogP contribution in [0.5, 0.6) is 0 Å². The molecule has 72 valence electrons. The quantitative estimate of drug-likeness (QED) is 0.511. The Morgan fingerprint density at radius 1 is 1.08 bits per heavy atom. The highest BCUT2D eigenvalue weighted by Crippen LogP contribution is 2.22. The van der Waals surface area contributed by atoms with Crippen molar-refractivity contribution in [2.24, 2.45) is 0 Å². The molecule has 13 heavy (non-hydrogen) atoms. The van der Waals surface area contributed by atoms with Gasteiger partial charge in [0, 0.05) is 12.7 Å². The van der Waals surface area contributed by atoms with Gasteiger partial charge in [-0.1, -0.05) is 30.3 Å². The molecule has 0 spiro atoms. The molecule has 0 fully saturated rings. The molecule has 1 unspecified atom stereocenters. The summed E-state index contributed by atoms with van der Waals surface area (Å²) in [5.74, 6) is 0. The van der Waals surface area contributed by atoms with Crippen molar-refractivity contribution in [2.75, 3.05) is 28.3 Å². The number of quaternary nitrogens is 1. The molecule has 0 aliphatic heterocycles. The van der Waals surface area contributed by atoms with E-state index in [1.54, 1.807) is 7.11 Å². The second-order valence-corrected chi connectivity index (χ2v) is 4.11. The van der Waals surface area contributed by atoms with Crippen LogP contribution in [0.1, 0.15) is 11.8 Å². The number of benzene rings is 1. The number of ether oxygens (including phenoxy) is 1. The lowest BCUT2D eigenvalue weighted by atomic mass is 10.2. The van der Waals surface area contributed by atoms with Gasteiger partial charge in [0.25, 0.3) is 0 Å². The first-order chi connectivity index (χ1) is 6.05. The number of rotatable bonds is 3. The lowest BCUT2D eigenvalue weighted by Gasteiger charge is -2.32. The van der Waals surface area contributed by atoms with E-state index >= 15 is 0 Å². The molecule has 0 amide bonds. The van der Waals surface area contributed by atoms with Crippen LogP contribution in [-0.4, -0.2) is 32.7 Å². The summed E-state index contributed by atoms with van der Waals surface area (Å²) in [7, 11) is 8.13. The normalized spacial score (nSPS) is 14.2. The molecule has 2 heteroatoms. The molecule has 0 aliphatic rings. The third kappa shape index (κ3) is 2.54. The van der Waals surface area contributed by atoms with E-state index in [0.29, 0.717) is 0 Å². The fraction of sp³-hybridized carbons (Fsp3) is 0.455. The van der Waals surface area contributed by atoms with Crippen molar-refractivity contribution < 1.29 is 9.22 Å². The standard InChI is InChI=1S/C11H18NO/c1-12(2,3)11(13-4)10-8-6-5-7-9-10/h5-9,11H,1-4H3/q+1. The van der Waals surface area contributed by atoms with E-state index in [9.17, 15) is 0 Å². The molecule has 0 heterocycles. The summed E-state index contributed by atoms with van der Waals surface area (Å²) in [5.41, 5.74) is 1.22. The average Bonchev–Trinajstić information content (AvgIpc) is 2.05. The first-order valence-corrected chi connectivity index (χ1v) is 4.44. The zero-order valence-corrected chi connectivity index (χ0v) is 8.82. The van der Waals surface area contributed by atoms with Crippen molar-refractivity contribution in [3.8, 4) is 0 Å². The first kappa shape index (κ1) is 10.2. The van der Waals surface area contributed by atoms with Gasteiger partial charge in [-0.15, -0.1) is 0 Å². The van der Waals surface area contributed by atoms with Crippen molar-refractivity contribution in [1.29, 1.82) is 0 Å². The van der Waals surface area contributed by atoms with Crippen LogP contribution in [0.2, 0.25) is 0 Å². The summed E-state index contributed by atoms with van der Waals surface area (Å²) < 4.78 is 6.25. The Morgan fingerprint density at radius 3 is 2.00 bits per heavy atom. The van der Waals surface area contributed by atoms with Crippen LogP contribution in [-0.2, 0) is 4.74 Å². The van der Waals surface area contributed by atoms with Gasteiger partial charge < -0.3 is 9.22 Å². The predicted octanol–water partition coefficient (Wildman–Crippen LogP) is 2.04. The Hall–Kier alpha value is -0.860. The van der Waals surface area contributed by atoms with Crippen LogP contribution in [0.4, 0.5) is 0 Å². The van der Waals surface area contributed by atoms with E-state index in [1.807, 2.05) is 18.2 Å². The molecule has 0 aromatic heterocycles. The molecule has 0 bridgehead atoms. The summed E-state index contributed by atoms with van der Waals surface area (Å²) in [5, 5.41) is 0. The van der Waals surface area contributed by atoms with Gasteiger partial charge in [-0.25, -0.2) is 0 Å². The van der Waals surface area contributed by atoms with E-state index in [-0.39, 0.29) is 6.23 Å². The van der Waals surface area contributed by atoms with Gasteiger partial charge in [-0.3, -0.25) is 0 Å². The summed E-state index contributed by atoms with van der Waals surface area (Å²) >= 11 is 0. The molecular formula is C11H18NO+. The number of hydrogen-bond acceptors (Lipinski definition) is 1. The SMILES string of the molecule is COC(c1ccccc1)[N+](C)(C)C. The largest absolute Gasteiger partial charge is 0.329 e. The molecule has 1 atom stereocenters. The molecule has 2 nitrogen and oxygen atoms in total. The molecule has 0 N–H and O–H groups in total. The van der Waals surface area contributed by atoms with Crippen molar-refractivity contribution in [2.45, 2.75) is 6.23 Å². The maximum absolute atomic E-state index is 5.47. The fourth-order valence-electron chi connectivity index (χ4n) is 1.52. The van der Waals surface area contributed by atoms with Crippen molar-refractivity contribution in [3.05, 3.63) is 35.9 Å². The molecule has 0 radical (unpaired) electrons. The van der Waals surface area contributed by atoms with E-state index in [0.717, 1.165) is 4.48 Å². The van der Waals surface area contributed by atoms with E-state index in [2.05, 4.69) is 33.3 Å². The van der Waals surface area contributed by atoms with Gasteiger partial charge in [0.1, 0.15) is 0 Å². The maximum Gasteiger partial charge on any atom is 0.219 e. The first-order valence-electron chi connectivity index (χ1n) is 4.44. The Bertz CT molecular complexity index is 251. The minimum Gasteiger partial charge on any atom is -0.329 e. The Labute approximate surface area is 80.3 Å². The van der Waals surface area contributed by atoms with E-state index < -0.39 is 0 Å². The van der Waals surface area contributed by atoms with E-state index in [4.69, 9.17) is 4.74 Å². The molecule has 1 aromatic rings. The third-order valence-corrected chi connectivity index (χ3v) is 2.01. The fourth-order valence-corrected chi connectivity index (χ4v) is 1.52. The third-order valence-electron chi connectivity index (χ3n) is 2.01. The van der Waals surface area contributed by atoms with Crippen LogP contribution in [0.15, 0.2) is 30.3 Å². The molecule has 0 saturated carbocycles. The van der Waals surface area contributed by atoms with Crippen LogP contribution >= 0.6 is 0 Å². The molecule has 0 saturated heterocycles. The predicted molar refractivity (Wildman–Crippen MR) is 54.2 cm³/mol. The number of hydrogen-bond donors (Lipinski definition) is 0. The summed E-state index contributed by atoms with van der Waals surface area (Å²) in [4.78, 5) is 0. The summed E-state index contributed by atoms with van der Waals surface area (Å²) in [6.07, 6.45) is 0.112. The topological polar surface area (TPSA) is 9.23 Å². The highest BCUT2D eigenvalue weighted by Gasteiger charge is 2.24. The molecule has 0 aliphatic carbocycles. The highest BCUT2D eigenvalue weighted by molar-refractivity contribution is 5.15. The molecule has 1 aromatic carbocycles. The second kappa shape index (κ2) is 3.90. The van der Waals surface area contributed by atoms with Crippen LogP contribution < -0.4 is 0 Å². The van der Waals surface area contributed by atoms with Gasteiger partial charge >= 0.3 is 0 Å². The second-order valence-electron chi connectivity index (χ2n) is 4.11. The van der Waals surface area contributed by atoms with Crippen molar-refractivity contribution in [3.63, 3.8) is 0 Å². The number of nitrogens with zero attached hydrogens (tertiary/aromatic N) is 1. The number of methoxy groups -OCH3 is 1. The van der Waals surface area contributed by atoms with Crippen LogP contribution in [0.25, 0.3) is 0 Å². The smallest absolute Gasteiger partial charge is 0.219 e. The summed E-state index contributed by atoms with van der Waals surface area (Å²) in [6.45, 7) is 0. The van der Waals surface area contributed by atoms with Gasteiger partial charge in [-0.05, 0) is 0 Å². The zero-order valence-electron chi connectivity index (χ0n) is 8.82. The Balaban J connectivity index is 2.92. The highest BCUT2D eigenvalue weighted by atomic mass is 16.5. The minimum absolute atomic E-state index is 0.112. The summed E-state index contributed by atoms with van der Waals surface area (Å²) in [6, 6.07) is 10.3. The van der Waals surface area contributed by atoms with Gasteiger partial charge in [0.15, 0.2) is 0 Å². The lowest BCUT2D eigenvalue weighted by molar-refractivity contribution is -0.926. The Morgan fingerprint density at radius 2 is 1.62 bits per heavy atom. The monoisotopic (exact) mass is 180 g/mol. The van der Waals surface area contributed by atoms with Gasteiger partial charge in [0.05, 0.1) is 21.1 Å². The van der Waals surface area contributed by atoms with Gasteiger partial charge in [-0.2, -0.15) is 0 Å². The minimum atomic E-state index is 0.112. The molecule has 1 rings (SSSR count). The zero-order chi connectivity index (χ0) is 9.90. The Kier molecular flexibility index (Phi) is 3.07. The van der Waals surface area contributed by atoms with Crippen molar-refractivity contribution in [1.82, 2.24) is 0 Å². The lowest BCUT2D eigenvalue weighted by Crippen LogP contribution is -2.39. The van der Waals surface area contributed by atoms with Gasteiger partial charge in [0.2, 0.25) is 6.23 Å². The van der Waals surface area contributed by atoms with Crippen molar-refractivity contribution >= 4 is 0 Å².